The Morgan fingerprint density at radius 3 is 2.48 bits per heavy atom. The molecule has 23 heavy (non-hydrogen) atoms. The Morgan fingerprint density at radius 2 is 1.87 bits per heavy atom. The number of carbonyl (C=O) groups is 1. The number of aryl methyl sites for hydroxylation is 1. The van der Waals surface area contributed by atoms with Crippen LogP contribution in [-0.4, -0.2) is 36.3 Å². The average Bonchev–Trinajstić information content (AvgIpc) is 2.88. The molecule has 0 saturated heterocycles. The lowest BCUT2D eigenvalue weighted by Crippen LogP contribution is -2.36. The van der Waals surface area contributed by atoms with Crippen molar-refractivity contribution >= 4 is 40.4 Å². The molecule has 1 aromatic carbocycles. The van der Waals surface area contributed by atoms with Crippen molar-refractivity contribution in [2.45, 2.75) is 20.0 Å². The number of nitrogens with zero attached hydrogens (tertiary/aromatic N) is 2. The van der Waals surface area contributed by atoms with E-state index in [2.05, 4.69) is 18.4 Å². The molecule has 0 unspecified atom stereocenters. The zero-order valence-electron chi connectivity index (χ0n) is 13.5. The molecule has 6 heteroatoms. The smallest absolute Gasteiger partial charge is 0.236 e. The summed E-state index contributed by atoms with van der Waals surface area (Å²) in [6.07, 6.45) is 0. The second-order valence-corrected chi connectivity index (χ2v) is 7.51. The monoisotopic (exact) mass is 370 g/mol. The highest BCUT2D eigenvalue weighted by molar-refractivity contribution is 7.10. The minimum Gasteiger partial charge on any atom is -0.340 e. The molecule has 1 aromatic heterocycles. The highest BCUT2D eigenvalue weighted by Crippen LogP contribution is 2.23. The Hall–Kier alpha value is -1.07. The van der Waals surface area contributed by atoms with Crippen LogP contribution in [0.4, 0.5) is 0 Å². The van der Waals surface area contributed by atoms with E-state index in [0.717, 1.165) is 12.1 Å². The summed E-state index contributed by atoms with van der Waals surface area (Å²) in [5.41, 5.74) is 2.24. The van der Waals surface area contributed by atoms with Crippen LogP contribution in [0.5, 0.6) is 0 Å². The van der Waals surface area contributed by atoms with Gasteiger partial charge in [-0.2, -0.15) is 0 Å². The Balaban J connectivity index is 1.89. The van der Waals surface area contributed by atoms with Crippen LogP contribution in [-0.2, 0) is 17.9 Å². The van der Waals surface area contributed by atoms with Crippen LogP contribution in [0.3, 0.4) is 0 Å². The topological polar surface area (TPSA) is 23.6 Å². The van der Waals surface area contributed by atoms with Gasteiger partial charge in [0.2, 0.25) is 5.91 Å². The molecule has 0 aliphatic heterocycles. The maximum atomic E-state index is 12.4. The van der Waals surface area contributed by atoms with Crippen molar-refractivity contribution in [1.29, 1.82) is 0 Å². The molecule has 2 rings (SSSR count). The largest absolute Gasteiger partial charge is 0.340 e. The Kier molecular flexibility index (Phi) is 6.48. The molecule has 2 aromatic rings. The van der Waals surface area contributed by atoms with Gasteiger partial charge in [-0.1, -0.05) is 29.3 Å². The summed E-state index contributed by atoms with van der Waals surface area (Å²) in [6, 6.07) is 7.54. The molecule has 0 saturated carbocycles. The molecule has 124 valence electrons. The third-order valence-corrected chi connectivity index (χ3v) is 5.36. The van der Waals surface area contributed by atoms with Crippen LogP contribution in [0.25, 0.3) is 0 Å². The van der Waals surface area contributed by atoms with E-state index in [1.54, 1.807) is 35.4 Å². The van der Waals surface area contributed by atoms with Crippen LogP contribution in [0.15, 0.2) is 29.6 Å². The van der Waals surface area contributed by atoms with Crippen LogP contribution in [0.1, 0.15) is 16.0 Å². The van der Waals surface area contributed by atoms with Gasteiger partial charge in [0.15, 0.2) is 0 Å². The van der Waals surface area contributed by atoms with Crippen molar-refractivity contribution in [3.05, 3.63) is 55.7 Å². The minimum absolute atomic E-state index is 0.0766. The summed E-state index contributed by atoms with van der Waals surface area (Å²) in [6.45, 7) is 3.78. The van der Waals surface area contributed by atoms with E-state index >= 15 is 0 Å². The van der Waals surface area contributed by atoms with Crippen LogP contribution >= 0.6 is 34.5 Å². The van der Waals surface area contributed by atoms with Gasteiger partial charge in [0, 0.05) is 25.0 Å². The third kappa shape index (κ3) is 5.21. The molecule has 0 radical (unpaired) electrons. The molecular weight excluding hydrogens is 351 g/mol. The summed E-state index contributed by atoms with van der Waals surface area (Å²) in [5.74, 6) is 0.0766. The highest BCUT2D eigenvalue weighted by atomic mass is 35.5. The van der Waals surface area contributed by atoms with Crippen molar-refractivity contribution in [1.82, 2.24) is 9.80 Å². The number of halogens is 2. The molecule has 0 atom stereocenters. The molecule has 0 aliphatic carbocycles. The lowest BCUT2D eigenvalue weighted by Gasteiger charge is -2.22. The van der Waals surface area contributed by atoms with Crippen molar-refractivity contribution in [2.75, 3.05) is 20.6 Å². The van der Waals surface area contributed by atoms with E-state index in [1.165, 1.54) is 10.4 Å². The standard InChI is InChI=1S/C17H20Cl2N2OS/c1-12-6-7-23-16(12)10-20(2)11-17(22)21(3)9-13-4-5-14(18)15(19)8-13/h4-8H,9-11H2,1-3H3. The molecule has 0 fully saturated rings. The molecule has 3 nitrogen and oxygen atoms in total. The molecule has 1 amide bonds. The first-order chi connectivity index (χ1) is 10.9. The van der Waals surface area contributed by atoms with Gasteiger partial charge in [0.05, 0.1) is 16.6 Å². The number of rotatable bonds is 6. The van der Waals surface area contributed by atoms with Crippen LogP contribution in [0, 0.1) is 6.92 Å². The first-order valence-corrected chi connectivity index (χ1v) is 8.89. The van der Waals surface area contributed by atoms with Gasteiger partial charge in [-0.05, 0) is 48.7 Å². The number of carbonyl (C=O) groups excluding carboxylic acids is 1. The maximum Gasteiger partial charge on any atom is 0.236 e. The number of hydrogen-bond acceptors (Lipinski definition) is 3. The van der Waals surface area contributed by atoms with Gasteiger partial charge in [-0.15, -0.1) is 11.3 Å². The summed E-state index contributed by atoms with van der Waals surface area (Å²) < 4.78 is 0. The molecule has 0 aliphatic rings. The van der Waals surface area contributed by atoms with Gasteiger partial charge >= 0.3 is 0 Å². The normalized spacial score (nSPS) is 11.0. The van der Waals surface area contributed by atoms with Crippen molar-refractivity contribution in [2.24, 2.45) is 0 Å². The number of thiophene rings is 1. The molecule has 0 bridgehead atoms. The van der Waals surface area contributed by atoms with Gasteiger partial charge in [-0.25, -0.2) is 0 Å². The Morgan fingerprint density at radius 1 is 1.13 bits per heavy atom. The Bertz CT molecular complexity index is 687. The fourth-order valence-electron chi connectivity index (χ4n) is 2.22. The second-order valence-electron chi connectivity index (χ2n) is 5.70. The quantitative estimate of drug-likeness (QED) is 0.749. The summed E-state index contributed by atoms with van der Waals surface area (Å²) >= 11 is 13.6. The minimum atomic E-state index is 0.0766. The van der Waals surface area contributed by atoms with Gasteiger partial charge in [0.25, 0.3) is 0 Å². The SMILES string of the molecule is Cc1ccsc1CN(C)CC(=O)N(C)Cc1ccc(Cl)c(Cl)c1. The summed E-state index contributed by atoms with van der Waals surface area (Å²) in [7, 11) is 3.76. The second kappa shape index (κ2) is 8.15. The van der Waals surface area contributed by atoms with Crippen molar-refractivity contribution < 1.29 is 4.79 Å². The van der Waals surface area contributed by atoms with Gasteiger partial charge in [0.1, 0.15) is 0 Å². The lowest BCUT2D eigenvalue weighted by atomic mass is 10.2. The first-order valence-electron chi connectivity index (χ1n) is 7.26. The van der Waals surface area contributed by atoms with Crippen LogP contribution in [0.2, 0.25) is 10.0 Å². The Labute approximate surface area is 151 Å². The van der Waals surface area contributed by atoms with E-state index < -0.39 is 0 Å². The average molecular weight is 371 g/mol. The van der Waals surface area contributed by atoms with Gasteiger partial charge < -0.3 is 4.90 Å². The molecular formula is C17H20Cl2N2OS. The summed E-state index contributed by atoms with van der Waals surface area (Å²) in [4.78, 5) is 17.4. The van der Waals surface area contributed by atoms with E-state index in [4.69, 9.17) is 23.2 Å². The molecule has 0 N–H and O–H groups in total. The van der Waals surface area contributed by atoms with Crippen molar-refractivity contribution in [3.63, 3.8) is 0 Å². The number of hydrogen-bond donors (Lipinski definition) is 0. The fourth-order valence-corrected chi connectivity index (χ4v) is 3.52. The summed E-state index contributed by atoms with van der Waals surface area (Å²) in [5, 5.41) is 3.11. The van der Waals surface area contributed by atoms with Crippen LogP contribution < -0.4 is 0 Å². The van der Waals surface area contributed by atoms with E-state index in [0.29, 0.717) is 23.1 Å². The van der Waals surface area contributed by atoms with Crippen molar-refractivity contribution in [3.8, 4) is 0 Å². The predicted molar refractivity (Wildman–Crippen MR) is 98.3 cm³/mol. The zero-order chi connectivity index (χ0) is 17.0. The van der Waals surface area contributed by atoms with E-state index in [1.807, 2.05) is 18.0 Å². The number of likely N-dealkylation sites (N-methyl/N-ethyl adjacent to an activating group) is 2. The number of amides is 1. The first kappa shape index (κ1) is 18.3. The van der Waals surface area contributed by atoms with E-state index in [9.17, 15) is 4.79 Å². The number of benzene rings is 1. The zero-order valence-corrected chi connectivity index (χ0v) is 15.8. The highest BCUT2D eigenvalue weighted by Gasteiger charge is 2.14. The third-order valence-electron chi connectivity index (χ3n) is 3.62. The fraction of sp³-hybridized carbons (Fsp3) is 0.353. The van der Waals surface area contributed by atoms with E-state index in [-0.39, 0.29) is 5.91 Å². The predicted octanol–water partition coefficient (Wildman–Crippen LogP) is 4.45. The molecule has 0 spiro atoms. The van der Waals surface area contributed by atoms with Gasteiger partial charge in [-0.3, -0.25) is 9.69 Å². The molecule has 1 heterocycles. The lowest BCUT2D eigenvalue weighted by molar-refractivity contribution is -0.131. The maximum absolute atomic E-state index is 12.4.